The van der Waals surface area contributed by atoms with E-state index in [-0.39, 0.29) is 68.9 Å². The molecule has 0 aliphatic carbocycles. The van der Waals surface area contributed by atoms with Crippen LogP contribution >= 0.6 is 0 Å². The summed E-state index contributed by atoms with van der Waals surface area (Å²) in [5.74, 6) is 0. The van der Waals surface area contributed by atoms with E-state index >= 15 is 0 Å². The first-order chi connectivity index (χ1) is 2.00. The van der Waals surface area contributed by atoms with Crippen LogP contribution < -0.4 is 0 Å². The molecular formula is H3CsO4Se. The van der Waals surface area contributed by atoms with Crippen molar-refractivity contribution >= 4 is 82.3 Å². The van der Waals surface area contributed by atoms with Crippen LogP contribution in [0.1, 0.15) is 0 Å². The molecule has 0 bridgehead atoms. The average Bonchev–Trinajstić information content (AvgIpc) is 0.722. The Morgan fingerprint density at radius 3 is 1.17 bits per heavy atom. The van der Waals surface area contributed by atoms with Gasteiger partial charge in [-0.3, -0.25) is 0 Å². The van der Waals surface area contributed by atoms with E-state index in [2.05, 4.69) is 0 Å². The van der Waals surface area contributed by atoms with Gasteiger partial charge in [0.05, 0.1) is 0 Å². The predicted octanol–water partition coefficient (Wildman–Crippen LogP) is -2.38. The number of hydrogen-bond donors (Lipinski definition) is 2. The molecule has 0 unspecified atom stereocenters. The Kier molecular flexibility index (Phi) is 7.35. The van der Waals surface area contributed by atoms with E-state index in [1.54, 1.807) is 0 Å². The summed E-state index contributed by atoms with van der Waals surface area (Å²) in [7, 11) is 0. The van der Waals surface area contributed by atoms with E-state index in [4.69, 9.17) is 16.0 Å². The number of rotatable bonds is 0. The van der Waals surface area contributed by atoms with Gasteiger partial charge >= 0.3 is 98.3 Å². The molecule has 0 rings (SSSR count). The molecule has 6 heteroatoms. The van der Waals surface area contributed by atoms with E-state index in [1.807, 2.05) is 0 Å². The minimum atomic E-state index is -5.25. The molecule has 0 aromatic rings. The van der Waals surface area contributed by atoms with Gasteiger partial charge in [-0.15, -0.1) is 0 Å². The fourth-order valence-electron chi connectivity index (χ4n) is 0. The summed E-state index contributed by atoms with van der Waals surface area (Å²) in [5, 5.41) is 0. The quantitative estimate of drug-likeness (QED) is 0.486. The number of hydrogen-bond acceptors (Lipinski definition) is 2. The van der Waals surface area contributed by atoms with Gasteiger partial charge in [-0.05, 0) is 0 Å². The van der Waals surface area contributed by atoms with E-state index < -0.39 is 13.4 Å². The van der Waals surface area contributed by atoms with Crippen molar-refractivity contribution in [2.45, 2.75) is 0 Å². The van der Waals surface area contributed by atoms with Gasteiger partial charge in [0, 0.05) is 0 Å². The van der Waals surface area contributed by atoms with E-state index in [9.17, 15) is 0 Å². The van der Waals surface area contributed by atoms with Crippen molar-refractivity contribution < 1.29 is 16.0 Å². The predicted molar refractivity (Wildman–Crippen MR) is 18.7 cm³/mol. The van der Waals surface area contributed by atoms with Crippen LogP contribution in [-0.4, -0.2) is 90.6 Å². The molecule has 0 radical (unpaired) electrons. The monoisotopic (exact) mass is 280 g/mol. The second kappa shape index (κ2) is 4.02. The molecule has 0 aliphatic rings. The molecule has 0 heterocycles. The Hall–Kier alpha value is 2.09. The fourth-order valence-corrected chi connectivity index (χ4v) is 0. The Morgan fingerprint density at radius 1 is 1.17 bits per heavy atom. The second-order valence-electron chi connectivity index (χ2n) is 0.448. The standard InChI is InChI=1S/Cs.H2O4Se.H/c;1-5(2,3)4;/h;(H2,1,2,3,4);. The van der Waals surface area contributed by atoms with Crippen molar-refractivity contribution in [3.8, 4) is 0 Å². The first kappa shape index (κ1) is 11.0. The van der Waals surface area contributed by atoms with Crippen LogP contribution in [0, 0.1) is 0 Å². The van der Waals surface area contributed by atoms with Crippen molar-refractivity contribution in [2.24, 2.45) is 0 Å². The van der Waals surface area contributed by atoms with Crippen LogP contribution in [0.25, 0.3) is 0 Å². The Morgan fingerprint density at radius 2 is 1.17 bits per heavy atom. The van der Waals surface area contributed by atoms with Crippen LogP contribution in [0.4, 0.5) is 0 Å². The minimum absolute atomic E-state index is 0. The van der Waals surface area contributed by atoms with Crippen LogP contribution in [0.3, 0.4) is 0 Å². The van der Waals surface area contributed by atoms with Gasteiger partial charge < -0.3 is 0 Å². The van der Waals surface area contributed by atoms with Gasteiger partial charge in [0.2, 0.25) is 0 Å². The SMILES string of the molecule is O=[Se](=O)(O)O.[CsH]. The van der Waals surface area contributed by atoms with Crippen molar-refractivity contribution in [1.29, 1.82) is 0 Å². The van der Waals surface area contributed by atoms with Gasteiger partial charge in [0.15, 0.2) is 0 Å². The van der Waals surface area contributed by atoms with Gasteiger partial charge in [0.1, 0.15) is 0 Å². The molecule has 2 N–H and O–H groups in total. The maximum absolute atomic E-state index is 8.82. The zero-order valence-corrected chi connectivity index (χ0v) is 3.83. The molecule has 0 saturated heterocycles. The first-order valence-electron chi connectivity index (χ1n) is 0.698. The van der Waals surface area contributed by atoms with E-state index in [0.717, 1.165) is 0 Å². The van der Waals surface area contributed by atoms with Crippen LogP contribution in [-0.2, 0) is 7.67 Å². The van der Waals surface area contributed by atoms with Gasteiger partial charge in [-0.1, -0.05) is 0 Å². The van der Waals surface area contributed by atoms with Crippen molar-refractivity contribution in [2.75, 3.05) is 0 Å². The molecule has 4 nitrogen and oxygen atoms in total. The molecular weight excluding hydrogens is 276 g/mol. The van der Waals surface area contributed by atoms with E-state index in [0.29, 0.717) is 0 Å². The summed E-state index contributed by atoms with van der Waals surface area (Å²) in [6.07, 6.45) is 0. The first-order valence-corrected chi connectivity index (χ1v) is 3.63. The topological polar surface area (TPSA) is 74.6 Å². The molecule has 0 aromatic heterocycles. The Bertz CT molecular complexity index is 90.7. The molecule has 0 aromatic carbocycles. The third-order valence-corrected chi connectivity index (χ3v) is 0. The van der Waals surface area contributed by atoms with Crippen molar-refractivity contribution in [3.05, 3.63) is 0 Å². The Balaban J connectivity index is 0. The fraction of sp³-hybridized carbons (Fsp3) is 0. The zero-order chi connectivity index (χ0) is 4.50. The average molecular weight is 279 g/mol. The molecule has 0 atom stereocenters. The summed E-state index contributed by atoms with van der Waals surface area (Å²) in [4.78, 5) is 0. The maximum atomic E-state index is 8.82. The van der Waals surface area contributed by atoms with E-state index in [1.165, 1.54) is 0 Å². The van der Waals surface area contributed by atoms with Crippen molar-refractivity contribution in [1.82, 2.24) is 0 Å². The Labute approximate surface area is 95.6 Å². The summed E-state index contributed by atoms with van der Waals surface area (Å²) >= 11 is -5.25. The molecule has 6 heavy (non-hydrogen) atoms. The van der Waals surface area contributed by atoms with Gasteiger partial charge in [-0.2, -0.15) is 0 Å². The summed E-state index contributed by atoms with van der Waals surface area (Å²) in [6, 6.07) is 0. The van der Waals surface area contributed by atoms with Crippen LogP contribution in [0.5, 0.6) is 0 Å². The van der Waals surface area contributed by atoms with Gasteiger partial charge in [0.25, 0.3) is 0 Å². The summed E-state index contributed by atoms with van der Waals surface area (Å²) in [6.45, 7) is 0. The second-order valence-corrected chi connectivity index (χ2v) is 2.33. The molecule has 0 saturated carbocycles. The molecule has 34 valence electrons. The third-order valence-electron chi connectivity index (χ3n) is 0. The van der Waals surface area contributed by atoms with Crippen LogP contribution in [0.15, 0.2) is 0 Å². The molecule has 0 aliphatic heterocycles. The summed E-state index contributed by atoms with van der Waals surface area (Å²) < 4.78 is 31.9. The molecule has 0 fully saturated rings. The van der Waals surface area contributed by atoms with Gasteiger partial charge in [-0.25, -0.2) is 0 Å². The van der Waals surface area contributed by atoms with Crippen molar-refractivity contribution in [3.63, 3.8) is 0 Å². The third kappa shape index (κ3) is 36.1. The molecule has 0 amide bonds. The zero-order valence-electron chi connectivity index (χ0n) is 2.12. The normalized spacial score (nSPS) is 9.67. The van der Waals surface area contributed by atoms with Crippen LogP contribution in [0.2, 0.25) is 0 Å². The molecule has 0 spiro atoms. The summed E-state index contributed by atoms with van der Waals surface area (Å²) in [5.41, 5.74) is 0.